The smallest absolute Gasteiger partial charge is 0.357 e. The van der Waals surface area contributed by atoms with Crippen LogP contribution in [-0.2, 0) is 11.3 Å². The third kappa shape index (κ3) is 3.14. The van der Waals surface area contributed by atoms with Crippen LogP contribution < -0.4 is 10.9 Å². The van der Waals surface area contributed by atoms with Gasteiger partial charge in [0.2, 0.25) is 5.91 Å². The third-order valence-electron chi connectivity index (χ3n) is 3.79. The number of aromatic nitrogens is 2. The number of carboxylic acid groups (broad SMARTS) is 1. The van der Waals surface area contributed by atoms with Crippen molar-refractivity contribution in [2.75, 3.05) is 0 Å². The van der Waals surface area contributed by atoms with Gasteiger partial charge in [0.15, 0.2) is 5.69 Å². The molecule has 2 N–H and O–H groups in total. The molecule has 0 bridgehead atoms. The van der Waals surface area contributed by atoms with E-state index in [9.17, 15) is 19.5 Å². The van der Waals surface area contributed by atoms with Crippen molar-refractivity contribution < 1.29 is 19.1 Å². The maximum Gasteiger partial charge on any atom is 0.357 e. The highest BCUT2D eigenvalue weighted by molar-refractivity contribution is 6.01. The number of hydrogen-bond acceptors (Lipinski definition) is 5. The Bertz CT molecular complexity index is 991. The Balaban J connectivity index is 1.96. The highest BCUT2D eigenvalue weighted by Gasteiger charge is 2.22. The van der Waals surface area contributed by atoms with Gasteiger partial charge in [-0.1, -0.05) is 18.2 Å². The highest BCUT2D eigenvalue weighted by atomic mass is 16.4. The second-order valence-electron chi connectivity index (χ2n) is 5.42. The summed E-state index contributed by atoms with van der Waals surface area (Å²) in [6.07, 6.45) is 1.49. The predicted octanol–water partition coefficient (Wildman–Crippen LogP) is 1.57. The molecule has 0 aliphatic carbocycles. The zero-order chi connectivity index (χ0) is 18.0. The summed E-state index contributed by atoms with van der Waals surface area (Å²) in [5.41, 5.74) is -0.804. The second kappa shape index (κ2) is 6.60. The average Bonchev–Trinajstić information content (AvgIpc) is 3.13. The number of nitrogens with zero attached hydrogens (tertiary/aromatic N) is 2. The largest absolute Gasteiger partial charge is 0.476 e. The normalized spacial score (nSPS) is 12.0. The summed E-state index contributed by atoms with van der Waals surface area (Å²) in [4.78, 5) is 36.4. The second-order valence-corrected chi connectivity index (χ2v) is 5.42. The van der Waals surface area contributed by atoms with Gasteiger partial charge >= 0.3 is 5.97 Å². The lowest BCUT2D eigenvalue weighted by molar-refractivity contribution is -0.124. The third-order valence-corrected chi connectivity index (χ3v) is 3.79. The molecule has 1 aromatic carbocycles. The summed E-state index contributed by atoms with van der Waals surface area (Å²) < 4.78 is 6.02. The number of aromatic carboxylic acids is 1. The number of rotatable bonds is 5. The lowest BCUT2D eigenvalue weighted by Gasteiger charge is -2.15. The number of hydrogen-bond donors (Lipinski definition) is 2. The van der Waals surface area contributed by atoms with Crippen molar-refractivity contribution in [1.82, 2.24) is 15.1 Å². The lowest BCUT2D eigenvalue weighted by Crippen LogP contribution is -2.37. The molecular weight excluding hydrogens is 326 g/mol. The van der Waals surface area contributed by atoms with Crippen molar-refractivity contribution in [3.8, 4) is 0 Å². The van der Waals surface area contributed by atoms with Gasteiger partial charge in [0.05, 0.1) is 18.2 Å². The zero-order valence-corrected chi connectivity index (χ0v) is 13.3. The van der Waals surface area contributed by atoms with Crippen LogP contribution in [0.15, 0.2) is 51.9 Å². The molecule has 1 atom stereocenters. The summed E-state index contributed by atoms with van der Waals surface area (Å²) in [7, 11) is 0. The number of amides is 1. The fraction of sp³-hybridized carbons (Fsp3) is 0.176. The number of carboxylic acids is 1. The van der Waals surface area contributed by atoms with Crippen LogP contribution in [-0.4, -0.2) is 26.8 Å². The first-order chi connectivity index (χ1) is 12.0. The van der Waals surface area contributed by atoms with Crippen LogP contribution in [0.1, 0.15) is 29.2 Å². The van der Waals surface area contributed by atoms with Crippen molar-refractivity contribution in [2.45, 2.75) is 19.5 Å². The molecule has 8 nitrogen and oxygen atoms in total. The first kappa shape index (κ1) is 16.4. The van der Waals surface area contributed by atoms with Crippen LogP contribution in [0.25, 0.3) is 10.8 Å². The molecule has 3 aromatic rings. The molecule has 1 unspecified atom stereocenters. The topological polar surface area (TPSA) is 114 Å². The molecule has 0 saturated carbocycles. The van der Waals surface area contributed by atoms with Crippen LogP contribution in [0.2, 0.25) is 0 Å². The number of carbonyl (C=O) groups is 2. The van der Waals surface area contributed by atoms with Gasteiger partial charge in [-0.25, -0.2) is 9.48 Å². The van der Waals surface area contributed by atoms with Crippen molar-refractivity contribution in [1.29, 1.82) is 0 Å². The van der Waals surface area contributed by atoms with E-state index in [1.54, 1.807) is 24.3 Å². The van der Waals surface area contributed by atoms with Crippen molar-refractivity contribution in [3.05, 3.63) is 64.5 Å². The van der Waals surface area contributed by atoms with E-state index in [1.165, 1.54) is 25.3 Å². The van der Waals surface area contributed by atoms with Crippen molar-refractivity contribution in [3.63, 3.8) is 0 Å². The summed E-state index contributed by atoms with van der Waals surface area (Å²) in [5, 5.41) is 16.3. The molecule has 2 heterocycles. The summed E-state index contributed by atoms with van der Waals surface area (Å²) in [6.45, 7) is 1.64. The monoisotopic (exact) mass is 341 g/mol. The van der Waals surface area contributed by atoms with E-state index >= 15 is 0 Å². The molecule has 2 aromatic heterocycles. The number of furan rings is 1. The minimum atomic E-state index is -1.27. The van der Waals surface area contributed by atoms with E-state index < -0.39 is 23.5 Å². The fourth-order valence-electron chi connectivity index (χ4n) is 2.47. The molecule has 3 rings (SSSR count). The number of nitrogens with one attached hydrogen (secondary N) is 1. The highest BCUT2D eigenvalue weighted by Crippen LogP contribution is 2.15. The molecule has 0 radical (unpaired) electrons. The van der Waals surface area contributed by atoms with Gasteiger partial charge in [0, 0.05) is 5.39 Å². The summed E-state index contributed by atoms with van der Waals surface area (Å²) >= 11 is 0. The molecule has 1 amide bonds. The maximum absolute atomic E-state index is 12.6. The minimum absolute atomic E-state index is 0.157. The van der Waals surface area contributed by atoms with Crippen molar-refractivity contribution in [2.24, 2.45) is 0 Å². The molecule has 128 valence electrons. The van der Waals surface area contributed by atoms with Crippen molar-refractivity contribution >= 4 is 22.6 Å². The van der Waals surface area contributed by atoms with E-state index in [1.807, 2.05) is 0 Å². The van der Waals surface area contributed by atoms with Gasteiger partial charge in [0.1, 0.15) is 11.8 Å². The maximum atomic E-state index is 12.6. The van der Waals surface area contributed by atoms with E-state index in [0.29, 0.717) is 5.76 Å². The Morgan fingerprint density at radius 3 is 2.60 bits per heavy atom. The van der Waals surface area contributed by atoms with Crippen LogP contribution in [0.3, 0.4) is 0 Å². The van der Waals surface area contributed by atoms with E-state index in [0.717, 1.165) is 4.68 Å². The van der Waals surface area contributed by atoms with Gasteiger partial charge in [-0.2, -0.15) is 5.10 Å². The number of fused-ring (bicyclic) bond motifs is 1. The van der Waals surface area contributed by atoms with Crippen LogP contribution in [0, 0.1) is 0 Å². The standard InChI is InChI=1S/C17H15N3O5/c1-10(15(21)18-9-11-5-4-8-25-11)20-16(22)13-7-3-2-6-12(13)14(19-20)17(23)24/h2-8,10H,9H2,1H3,(H,18,21)(H,23,24). The molecule has 8 heteroatoms. The fourth-order valence-corrected chi connectivity index (χ4v) is 2.47. The molecule has 0 saturated heterocycles. The molecule has 0 aliphatic rings. The van der Waals surface area contributed by atoms with Gasteiger partial charge in [-0.3, -0.25) is 9.59 Å². The van der Waals surface area contributed by atoms with Crippen LogP contribution in [0.5, 0.6) is 0 Å². The SMILES string of the molecule is CC(C(=O)NCc1ccco1)n1nc(C(=O)O)c2ccccc2c1=O. The molecule has 0 spiro atoms. The molecular formula is C17H15N3O5. The molecule has 0 fully saturated rings. The summed E-state index contributed by atoms with van der Waals surface area (Å²) in [6, 6.07) is 8.69. The quantitative estimate of drug-likeness (QED) is 0.728. The van der Waals surface area contributed by atoms with Gasteiger partial charge in [-0.05, 0) is 25.1 Å². The van der Waals surface area contributed by atoms with E-state index in [2.05, 4.69) is 10.4 Å². The Morgan fingerprint density at radius 2 is 1.96 bits per heavy atom. The first-order valence-electron chi connectivity index (χ1n) is 7.54. The minimum Gasteiger partial charge on any atom is -0.476 e. The van der Waals surface area contributed by atoms with Gasteiger partial charge in [-0.15, -0.1) is 0 Å². The van der Waals surface area contributed by atoms with Gasteiger partial charge < -0.3 is 14.8 Å². The Hall–Kier alpha value is -3.42. The lowest BCUT2D eigenvalue weighted by atomic mass is 10.1. The predicted molar refractivity (Wildman–Crippen MR) is 88.2 cm³/mol. The summed E-state index contributed by atoms with van der Waals surface area (Å²) in [5.74, 6) is -1.18. The Morgan fingerprint density at radius 1 is 1.24 bits per heavy atom. The average molecular weight is 341 g/mol. The Kier molecular flexibility index (Phi) is 4.34. The van der Waals surface area contributed by atoms with E-state index in [-0.39, 0.29) is 23.0 Å². The van der Waals surface area contributed by atoms with Gasteiger partial charge in [0.25, 0.3) is 5.56 Å². The van der Waals surface area contributed by atoms with E-state index in [4.69, 9.17) is 4.42 Å². The number of carbonyl (C=O) groups excluding carboxylic acids is 1. The van der Waals surface area contributed by atoms with Crippen LogP contribution in [0.4, 0.5) is 0 Å². The zero-order valence-electron chi connectivity index (χ0n) is 13.3. The Labute approximate surface area is 141 Å². The first-order valence-corrected chi connectivity index (χ1v) is 7.54. The van der Waals surface area contributed by atoms with Crippen LogP contribution >= 0.6 is 0 Å². The molecule has 25 heavy (non-hydrogen) atoms. The molecule has 0 aliphatic heterocycles. The number of benzene rings is 1.